The Morgan fingerprint density at radius 3 is 2.55 bits per heavy atom. The maximum absolute atomic E-state index is 14.3. The van der Waals surface area contributed by atoms with Gasteiger partial charge in [0, 0.05) is 18.0 Å². The van der Waals surface area contributed by atoms with Crippen LogP contribution in [0.3, 0.4) is 0 Å². The molecule has 0 bridgehead atoms. The molecule has 0 unspecified atom stereocenters. The van der Waals surface area contributed by atoms with E-state index >= 15 is 0 Å². The van der Waals surface area contributed by atoms with Crippen molar-refractivity contribution in [3.63, 3.8) is 0 Å². The molecule has 0 aliphatic carbocycles. The van der Waals surface area contributed by atoms with Crippen molar-refractivity contribution < 1.29 is 18.3 Å². The number of fused-ring (bicyclic) bond motifs is 3. The predicted molar refractivity (Wildman–Crippen MR) is 122 cm³/mol. The number of halogens is 2. The van der Waals surface area contributed by atoms with Crippen LogP contribution in [0.2, 0.25) is 0 Å². The summed E-state index contributed by atoms with van der Waals surface area (Å²) in [6, 6.07) is 21.4. The summed E-state index contributed by atoms with van der Waals surface area (Å²) >= 11 is 0. The van der Waals surface area contributed by atoms with E-state index in [-0.39, 0.29) is 5.69 Å². The Balaban J connectivity index is 1.62. The van der Waals surface area contributed by atoms with Crippen LogP contribution in [0.15, 0.2) is 85.1 Å². The first kappa shape index (κ1) is 20.8. The molecule has 2 heterocycles. The molecule has 0 spiro atoms. The van der Waals surface area contributed by atoms with Gasteiger partial charge in [-0.3, -0.25) is 0 Å². The number of nitrogens with one attached hydrogen (secondary N) is 1. The van der Waals surface area contributed by atoms with Crippen LogP contribution in [-0.4, -0.2) is 22.6 Å². The highest BCUT2D eigenvalue weighted by molar-refractivity contribution is 5.90. The fourth-order valence-corrected chi connectivity index (χ4v) is 4.25. The molecule has 1 aliphatic heterocycles. The van der Waals surface area contributed by atoms with E-state index in [2.05, 4.69) is 9.88 Å². The van der Waals surface area contributed by atoms with E-state index in [0.717, 1.165) is 34.6 Å². The normalized spacial score (nSPS) is 14.8. The molecule has 5 nitrogen and oxygen atoms in total. The first-order valence-corrected chi connectivity index (χ1v) is 10.5. The first-order valence-electron chi connectivity index (χ1n) is 10.5. The number of carbonyl (C=O) groups is 1. The number of hydrogen-bond donors (Lipinski definition) is 1. The minimum Gasteiger partial charge on any atom is -0.497 e. The van der Waals surface area contributed by atoms with Gasteiger partial charge in [-0.15, -0.1) is 0 Å². The zero-order valence-electron chi connectivity index (χ0n) is 17.8. The second-order valence-corrected chi connectivity index (χ2v) is 7.79. The van der Waals surface area contributed by atoms with Crippen molar-refractivity contribution in [1.29, 1.82) is 0 Å². The van der Waals surface area contributed by atoms with Gasteiger partial charge in [-0.05, 0) is 53.6 Å². The molecule has 3 aromatic carbocycles. The van der Waals surface area contributed by atoms with Crippen molar-refractivity contribution in [1.82, 2.24) is 9.47 Å². The molecule has 1 aliphatic rings. The van der Waals surface area contributed by atoms with Gasteiger partial charge < -0.3 is 19.5 Å². The molecule has 0 fully saturated rings. The molecule has 5 rings (SSSR count). The Hall–Kier alpha value is -4.13. The van der Waals surface area contributed by atoms with Gasteiger partial charge >= 0.3 is 6.03 Å². The molecule has 2 amide bonds. The van der Waals surface area contributed by atoms with Gasteiger partial charge in [0.2, 0.25) is 0 Å². The number of hydrogen-bond acceptors (Lipinski definition) is 2. The van der Waals surface area contributed by atoms with Gasteiger partial charge in [-0.2, -0.15) is 0 Å². The highest BCUT2D eigenvalue weighted by Gasteiger charge is 2.33. The second kappa shape index (κ2) is 8.43. The van der Waals surface area contributed by atoms with E-state index in [1.807, 2.05) is 66.9 Å². The summed E-state index contributed by atoms with van der Waals surface area (Å²) in [7, 11) is 1.60. The van der Waals surface area contributed by atoms with Gasteiger partial charge in [0.15, 0.2) is 0 Å². The number of aromatic nitrogens is 1. The number of nitrogens with zero attached hydrogens (tertiary/aromatic N) is 2. The van der Waals surface area contributed by atoms with Gasteiger partial charge in [0.05, 0.1) is 31.1 Å². The van der Waals surface area contributed by atoms with E-state index in [1.165, 1.54) is 6.07 Å². The van der Waals surface area contributed by atoms with Crippen LogP contribution in [0.5, 0.6) is 5.75 Å². The molecular weight excluding hydrogens is 424 g/mol. The number of anilines is 1. The second-order valence-electron chi connectivity index (χ2n) is 7.79. The first-order chi connectivity index (χ1) is 16.0. The molecular formula is C26H21F2N3O2. The van der Waals surface area contributed by atoms with Crippen molar-refractivity contribution in [3.8, 4) is 11.4 Å². The lowest BCUT2D eigenvalue weighted by Crippen LogP contribution is -2.38. The van der Waals surface area contributed by atoms with Crippen molar-refractivity contribution in [3.05, 3.63) is 114 Å². The predicted octanol–water partition coefficient (Wildman–Crippen LogP) is 5.90. The summed E-state index contributed by atoms with van der Waals surface area (Å²) in [6.07, 6.45) is 1.96. The van der Waals surface area contributed by atoms with Crippen molar-refractivity contribution in [2.45, 2.75) is 12.6 Å². The van der Waals surface area contributed by atoms with Crippen LogP contribution < -0.4 is 10.1 Å². The topological polar surface area (TPSA) is 46.5 Å². The Kier molecular flexibility index (Phi) is 5.30. The van der Waals surface area contributed by atoms with Crippen LogP contribution in [0, 0.1) is 11.6 Å². The molecule has 166 valence electrons. The Bertz CT molecular complexity index is 1320. The SMILES string of the molecule is COc1ccc([C@H]2c3cccn3-c3ccccc3CN2C(=O)Nc2ccc(F)cc2F)cc1. The molecule has 1 atom stereocenters. The van der Waals surface area contributed by atoms with Gasteiger partial charge in [-0.25, -0.2) is 13.6 Å². The largest absolute Gasteiger partial charge is 0.497 e. The average molecular weight is 445 g/mol. The summed E-state index contributed by atoms with van der Waals surface area (Å²) in [6.45, 7) is 0.295. The molecule has 33 heavy (non-hydrogen) atoms. The summed E-state index contributed by atoms with van der Waals surface area (Å²) < 4.78 is 35.0. The molecule has 0 saturated carbocycles. The quantitative estimate of drug-likeness (QED) is 0.427. The van der Waals surface area contributed by atoms with Gasteiger partial charge in [0.25, 0.3) is 0 Å². The van der Waals surface area contributed by atoms with Crippen molar-refractivity contribution >= 4 is 11.7 Å². The summed E-state index contributed by atoms with van der Waals surface area (Å²) in [5.74, 6) is -0.832. The molecule has 0 saturated heterocycles. The molecule has 4 aromatic rings. The van der Waals surface area contributed by atoms with Crippen LogP contribution in [0.4, 0.5) is 19.3 Å². The van der Waals surface area contributed by atoms with E-state index in [1.54, 1.807) is 12.0 Å². The third kappa shape index (κ3) is 3.82. The number of benzene rings is 3. The Morgan fingerprint density at radius 1 is 1.00 bits per heavy atom. The van der Waals surface area contributed by atoms with Gasteiger partial charge in [-0.1, -0.05) is 30.3 Å². The number of methoxy groups -OCH3 is 1. The number of amides is 2. The monoisotopic (exact) mass is 445 g/mol. The summed E-state index contributed by atoms with van der Waals surface area (Å²) in [5, 5.41) is 2.62. The Morgan fingerprint density at radius 2 is 1.79 bits per heavy atom. The average Bonchev–Trinajstić information content (AvgIpc) is 3.25. The standard InChI is InChI=1S/C26H21F2N3O2/c1-33-20-11-8-17(9-12-20)25-24-7-4-14-30(24)23-6-3-2-5-18(23)16-31(25)26(32)29-22-13-10-19(27)15-21(22)28/h2-15,25H,16H2,1H3,(H,29,32)/t25-/m0/s1. The number of ether oxygens (including phenoxy) is 1. The molecule has 0 radical (unpaired) electrons. The third-order valence-corrected chi connectivity index (χ3v) is 5.83. The van der Waals surface area contributed by atoms with Gasteiger partial charge in [0.1, 0.15) is 17.4 Å². The molecule has 1 aromatic heterocycles. The van der Waals surface area contributed by atoms with E-state index < -0.39 is 23.7 Å². The number of urea groups is 1. The molecule has 1 N–H and O–H groups in total. The van der Waals surface area contributed by atoms with E-state index in [0.29, 0.717) is 12.3 Å². The number of carbonyl (C=O) groups excluding carboxylic acids is 1. The minimum absolute atomic E-state index is 0.0807. The van der Waals surface area contributed by atoms with Crippen molar-refractivity contribution in [2.24, 2.45) is 0 Å². The maximum atomic E-state index is 14.3. The Labute approximate surface area is 189 Å². The van der Waals surface area contributed by atoms with Crippen LogP contribution in [-0.2, 0) is 6.54 Å². The van der Waals surface area contributed by atoms with Crippen molar-refractivity contribution in [2.75, 3.05) is 12.4 Å². The third-order valence-electron chi connectivity index (χ3n) is 5.83. The fraction of sp³-hybridized carbons (Fsp3) is 0.115. The highest BCUT2D eigenvalue weighted by Crippen LogP contribution is 2.37. The maximum Gasteiger partial charge on any atom is 0.323 e. The van der Waals surface area contributed by atoms with Crippen LogP contribution in [0.25, 0.3) is 5.69 Å². The smallest absolute Gasteiger partial charge is 0.323 e. The zero-order valence-corrected chi connectivity index (χ0v) is 17.8. The lowest BCUT2D eigenvalue weighted by atomic mass is 10.0. The highest BCUT2D eigenvalue weighted by atomic mass is 19.1. The minimum atomic E-state index is -0.831. The van der Waals surface area contributed by atoms with E-state index in [9.17, 15) is 13.6 Å². The van der Waals surface area contributed by atoms with Crippen LogP contribution >= 0.6 is 0 Å². The number of rotatable bonds is 3. The summed E-state index contributed by atoms with van der Waals surface area (Å²) in [5.41, 5.74) is 3.60. The fourth-order valence-electron chi connectivity index (χ4n) is 4.25. The van der Waals surface area contributed by atoms with Crippen LogP contribution in [0.1, 0.15) is 22.9 Å². The number of para-hydroxylation sites is 1. The zero-order chi connectivity index (χ0) is 22.9. The molecule has 7 heteroatoms. The van der Waals surface area contributed by atoms with E-state index in [4.69, 9.17) is 4.74 Å². The summed E-state index contributed by atoms with van der Waals surface area (Å²) in [4.78, 5) is 15.2. The lowest BCUT2D eigenvalue weighted by molar-refractivity contribution is 0.194. The lowest BCUT2D eigenvalue weighted by Gasteiger charge is -2.31.